The second kappa shape index (κ2) is 4.63. The van der Waals surface area contributed by atoms with Gasteiger partial charge in [0, 0.05) is 24.6 Å². The molecule has 2 N–H and O–H groups in total. The smallest absolute Gasteiger partial charge is 0.326 e. The van der Waals surface area contributed by atoms with E-state index in [4.69, 9.17) is 5.11 Å². The lowest BCUT2D eigenvalue weighted by atomic mass is 10.1. The Morgan fingerprint density at radius 1 is 1.38 bits per heavy atom. The fourth-order valence-electron chi connectivity index (χ4n) is 2.26. The van der Waals surface area contributed by atoms with Gasteiger partial charge in [-0.2, -0.15) is 11.8 Å². The van der Waals surface area contributed by atoms with Crippen LogP contribution in [-0.4, -0.2) is 57.2 Å². The van der Waals surface area contributed by atoms with Gasteiger partial charge >= 0.3 is 5.97 Å². The van der Waals surface area contributed by atoms with E-state index < -0.39 is 18.1 Å². The summed E-state index contributed by atoms with van der Waals surface area (Å²) in [4.78, 5) is 24.3. The molecule has 0 aromatic rings. The zero-order valence-corrected chi connectivity index (χ0v) is 9.65. The molecule has 0 radical (unpaired) electrons. The zero-order valence-electron chi connectivity index (χ0n) is 8.83. The maximum Gasteiger partial charge on any atom is 0.326 e. The predicted molar refractivity (Wildman–Crippen MR) is 59.2 cm³/mol. The molecule has 0 aromatic carbocycles. The average Bonchev–Trinajstić information content (AvgIpc) is 2.84. The van der Waals surface area contributed by atoms with Crippen LogP contribution >= 0.6 is 11.8 Å². The summed E-state index contributed by atoms with van der Waals surface area (Å²) in [7, 11) is 0. The van der Waals surface area contributed by atoms with Crippen molar-refractivity contribution in [2.45, 2.75) is 25.0 Å². The summed E-state index contributed by atoms with van der Waals surface area (Å²) in [5.41, 5.74) is 0. The number of thioether (sulfide) groups is 1. The number of carboxylic acids is 1. The molecular formula is C10H15NO4S. The highest BCUT2D eigenvalue weighted by Gasteiger charge is 2.41. The van der Waals surface area contributed by atoms with Crippen molar-refractivity contribution in [1.82, 2.24) is 4.90 Å². The van der Waals surface area contributed by atoms with Crippen molar-refractivity contribution in [3.63, 3.8) is 0 Å². The summed E-state index contributed by atoms with van der Waals surface area (Å²) < 4.78 is 0. The van der Waals surface area contributed by atoms with Crippen LogP contribution in [0.25, 0.3) is 0 Å². The Bertz CT molecular complexity index is 303. The molecule has 16 heavy (non-hydrogen) atoms. The van der Waals surface area contributed by atoms with Crippen LogP contribution in [0.15, 0.2) is 0 Å². The molecule has 0 aliphatic carbocycles. The second-order valence-corrected chi connectivity index (χ2v) is 5.44. The molecule has 0 saturated carbocycles. The standard InChI is InChI=1S/C10H15NO4S/c12-7-3-8(10(14)15)11(4-7)9(13)6-1-2-16-5-6/h6-8,12H,1-5H2,(H,14,15)/t6?,7-,8-/m1/s1. The van der Waals surface area contributed by atoms with E-state index in [1.165, 1.54) is 4.90 Å². The molecule has 0 spiro atoms. The number of likely N-dealkylation sites (tertiary alicyclic amines) is 1. The number of hydrogen-bond acceptors (Lipinski definition) is 4. The molecule has 0 aromatic heterocycles. The lowest BCUT2D eigenvalue weighted by molar-refractivity contribution is -0.149. The van der Waals surface area contributed by atoms with Crippen molar-refractivity contribution in [3.8, 4) is 0 Å². The Balaban J connectivity index is 2.06. The number of nitrogens with zero attached hydrogens (tertiary/aromatic N) is 1. The van der Waals surface area contributed by atoms with E-state index in [2.05, 4.69) is 0 Å². The van der Waals surface area contributed by atoms with Gasteiger partial charge in [0.05, 0.1) is 6.10 Å². The Morgan fingerprint density at radius 3 is 2.69 bits per heavy atom. The third-order valence-electron chi connectivity index (χ3n) is 3.13. The highest BCUT2D eigenvalue weighted by Crippen LogP contribution is 2.28. The topological polar surface area (TPSA) is 77.8 Å². The third kappa shape index (κ3) is 2.17. The van der Waals surface area contributed by atoms with Gasteiger partial charge in [-0.25, -0.2) is 4.79 Å². The van der Waals surface area contributed by atoms with Crippen LogP contribution in [0.2, 0.25) is 0 Å². The summed E-state index contributed by atoms with van der Waals surface area (Å²) in [6.45, 7) is 0.164. The predicted octanol–water partition coefficient (Wildman–Crippen LogP) is -0.214. The first-order valence-corrected chi connectivity index (χ1v) is 6.54. The van der Waals surface area contributed by atoms with E-state index in [-0.39, 0.29) is 24.8 Å². The molecule has 2 aliphatic rings. The summed E-state index contributed by atoms with van der Waals surface area (Å²) in [5, 5.41) is 18.4. The first kappa shape index (κ1) is 11.7. The van der Waals surface area contributed by atoms with Crippen LogP contribution in [-0.2, 0) is 9.59 Å². The summed E-state index contributed by atoms with van der Waals surface area (Å²) >= 11 is 1.72. The van der Waals surface area contributed by atoms with Gasteiger partial charge in [-0.05, 0) is 12.2 Å². The van der Waals surface area contributed by atoms with Crippen molar-refractivity contribution >= 4 is 23.6 Å². The maximum atomic E-state index is 12.0. The Hall–Kier alpha value is -0.750. The lowest BCUT2D eigenvalue weighted by Gasteiger charge is -2.24. The highest BCUT2D eigenvalue weighted by atomic mass is 32.2. The largest absolute Gasteiger partial charge is 0.480 e. The fourth-order valence-corrected chi connectivity index (χ4v) is 3.47. The van der Waals surface area contributed by atoms with E-state index in [9.17, 15) is 14.7 Å². The van der Waals surface area contributed by atoms with Crippen LogP contribution in [0.1, 0.15) is 12.8 Å². The van der Waals surface area contributed by atoms with Crippen LogP contribution in [0.3, 0.4) is 0 Å². The van der Waals surface area contributed by atoms with E-state index >= 15 is 0 Å². The molecule has 1 unspecified atom stereocenters. The van der Waals surface area contributed by atoms with Crippen LogP contribution in [0.5, 0.6) is 0 Å². The number of rotatable bonds is 2. The van der Waals surface area contributed by atoms with E-state index in [0.29, 0.717) is 0 Å². The summed E-state index contributed by atoms with van der Waals surface area (Å²) in [6, 6.07) is -0.840. The van der Waals surface area contributed by atoms with Gasteiger partial charge in [-0.1, -0.05) is 0 Å². The normalized spacial score (nSPS) is 34.3. The maximum absolute atomic E-state index is 12.0. The number of carbonyl (C=O) groups is 2. The molecule has 3 atom stereocenters. The lowest BCUT2D eigenvalue weighted by Crippen LogP contribution is -2.43. The Morgan fingerprint density at radius 2 is 2.12 bits per heavy atom. The number of hydrogen-bond donors (Lipinski definition) is 2. The van der Waals surface area contributed by atoms with Gasteiger partial charge in [0.1, 0.15) is 6.04 Å². The number of aliphatic hydroxyl groups excluding tert-OH is 1. The molecule has 2 aliphatic heterocycles. The SMILES string of the molecule is O=C(O)[C@H]1C[C@@H](O)CN1C(=O)C1CCSC1. The molecule has 2 fully saturated rings. The molecule has 5 nitrogen and oxygen atoms in total. The van der Waals surface area contributed by atoms with Crippen LogP contribution in [0.4, 0.5) is 0 Å². The van der Waals surface area contributed by atoms with Crippen LogP contribution in [0, 0.1) is 5.92 Å². The van der Waals surface area contributed by atoms with E-state index in [0.717, 1.165) is 17.9 Å². The number of aliphatic hydroxyl groups is 1. The number of amides is 1. The first-order chi connectivity index (χ1) is 7.59. The minimum Gasteiger partial charge on any atom is -0.480 e. The zero-order chi connectivity index (χ0) is 11.7. The van der Waals surface area contributed by atoms with Crippen LogP contribution < -0.4 is 0 Å². The molecule has 6 heteroatoms. The van der Waals surface area contributed by atoms with Gasteiger partial charge < -0.3 is 15.1 Å². The van der Waals surface area contributed by atoms with E-state index in [1.54, 1.807) is 11.8 Å². The van der Waals surface area contributed by atoms with E-state index in [1.807, 2.05) is 0 Å². The quantitative estimate of drug-likeness (QED) is 0.703. The number of carbonyl (C=O) groups excluding carboxylic acids is 1. The molecule has 90 valence electrons. The van der Waals surface area contributed by atoms with Crippen molar-refractivity contribution in [1.29, 1.82) is 0 Å². The van der Waals surface area contributed by atoms with Gasteiger partial charge in [-0.15, -0.1) is 0 Å². The Labute approximate surface area is 97.8 Å². The first-order valence-electron chi connectivity index (χ1n) is 5.38. The number of aliphatic carboxylic acids is 1. The minimum atomic E-state index is -1.02. The van der Waals surface area contributed by atoms with Gasteiger partial charge in [0.15, 0.2) is 0 Å². The Kier molecular flexibility index (Phi) is 3.39. The number of β-amino-alcohol motifs (C(OH)–C–C–N with tert-alkyl or cyclic N) is 1. The van der Waals surface area contributed by atoms with Gasteiger partial charge in [0.2, 0.25) is 5.91 Å². The molecule has 2 heterocycles. The van der Waals surface area contributed by atoms with Crippen molar-refractivity contribution in [3.05, 3.63) is 0 Å². The van der Waals surface area contributed by atoms with Crippen molar-refractivity contribution in [2.75, 3.05) is 18.1 Å². The van der Waals surface area contributed by atoms with Crippen molar-refractivity contribution < 1.29 is 19.8 Å². The summed E-state index contributed by atoms with van der Waals surface area (Å²) in [6.07, 6.45) is 0.280. The molecule has 1 amide bonds. The molecule has 2 saturated heterocycles. The summed E-state index contributed by atoms with van der Waals surface area (Å²) in [5.74, 6) is 0.559. The molecule has 2 rings (SSSR count). The highest BCUT2D eigenvalue weighted by molar-refractivity contribution is 7.99. The van der Waals surface area contributed by atoms with Gasteiger partial charge in [-0.3, -0.25) is 4.79 Å². The minimum absolute atomic E-state index is 0.0582. The fraction of sp³-hybridized carbons (Fsp3) is 0.800. The average molecular weight is 245 g/mol. The van der Waals surface area contributed by atoms with Gasteiger partial charge in [0.25, 0.3) is 0 Å². The number of carboxylic acid groups (broad SMARTS) is 1. The third-order valence-corrected chi connectivity index (χ3v) is 4.29. The van der Waals surface area contributed by atoms with Crippen molar-refractivity contribution in [2.24, 2.45) is 5.92 Å². The molecular weight excluding hydrogens is 230 g/mol. The molecule has 0 bridgehead atoms. The second-order valence-electron chi connectivity index (χ2n) is 4.29. The monoisotopic (exact) mass is 245 g/mol.